The van der Waals surface area contributed by atoms with Gasteiger partial charge < -0.3 is 9.64 Å². The molecular weight excluding hydrogens is 382 g/mol. The molecule has 1 aliphatic heterocycles. The van der Waals surface area contributed by atoms with Crippen molar-refractivity contribution in [2.45, 2.75) is 33.7 Å². The summed E-state index contributed by atoms with van der Waals surface area (Å²) in [5, 5.41) is 20.9. The van der Waals surface area contributed by atoms with E-state index in [9.17, 15) is 0 Å². The molecule has 1 fully saturated rings. The summed E-state index contributed by atoms with van der Waals surface area (Å²) in [5.74, 6) is 1.61. The number of imidazole rings is 1. The first-order valence-electron chi connectivity index (χ1n) is 10.1. The van der Waals surface area contributed by atoms with Crippen molar-refractivity contribution in [2.75, 3.05) is 24.7 Å². The fraction of sp³-hybridized carbons (Fsp3) is 0.450. The van der Waals surface area contributed by atoms with Crippen LogP contribution in [0.3, 0.4) is 0 Å². The van der Waals surface area contributed by atoms with Crippen LogP contribution >= 0.6 is 0 Å². The number of morpholine rings is 1. The minimum absolute atomic E-state index is 0.227. The van der Waals surface area contributed by atoms with E-state index in [4.69, 9.17) is 14.8 Å². The molecule has 4 aromatic heterocycles. The van der Waals surface area contributed by atoms with Crippen molar-refractivity contribution in [1.82, 2.24) is 39.8 Å². The Kier molecular flexibility index (Phi) is 4.31. The number of hydrogen-bond acceptors (Lipinski definition) is 7. The van der Waals surface area contributed by atoms with Gasteiger partial charge in [0.15, 0.2) is 11.6 Å². The van der Waals surface area contributed by atoms with Crippen molar-refractivity contribution in [1.29, 1.82) is 0 Å². The van der Waals surface area contributed by atoms with Gasteiger partial charge in [0.05, 0.1) is 47.5 Å². The molecule has 5 rings (SSSR count). The SMILES string of the molecule is Cc1cc(-c2nc(C)c3c(-c4c(C)nnn4C)cc(N4CCOC[C@H]4C)nn23)[nH]n1. The third-order valence-corrected chi connectivity index (χ3v) is 5.62. The van der Waals surface area contributed by atoms with E-state index in [1.54, 1.807) is 0 Å². The molecule has 0 bridgehead atoms. The molecule has 1 saturated heterocycles. The van der Waals surface area contributed by atoms with E-state index in [-0.39, 0.29) is 6.04 Å². The Morgan fingerprint density at radius 3 is 2.67 bits per heavy atom. The Morgan fingerprint density at radius 1 is 1.17 bits per heavy atom. The van der Waals surface area contributed by atoms with Gasteiger partial charge in [-0.25, -0.2) is 14.2 Å². The number of aromatic nitrogens is 8. The Balaban J connectivity index is 1.82. The highest BCUT2D eigenvalue weighted by molar-refractivity contribution is 5.84. The summed E-state index contributed by atoms with van der Waals surface area (Å²) in [7, 11) is 1.91. The molecule has 1 aliphatic rings. The normalized spacial score (nSPS) is 17.2. The number of rotatable bonds is 3. The fourth-order valence-corrected chi connectivity index (χ4v) is 4.18. The zero-order valence-electron chi connectivity index (χ0n) is 17.8. The molecule has 1 N–H and O–H groups in total. The molecule has 0 unspecified atom stereocenters. The maximum Gasteiger partial charge on any atom is 0.179 e. The van der Waals surface area contributed by atoms with Crippen LogP contribution in [0.15, 0.2) is 12.1 Å². The fourth-order valence-electron chi connectivity index (χ4n) is 4.18. The zero-order chi connectivity index (χ0) is 21.0. The van der Waals surface area contributed by atoms with Crippen LogP contribution in [0.4, 0.5) is 5.82 Å². The van der Waals surface area contributed by atoms with Gasteiger partial charge in [-0.15, -0.1) is 10.2 Å². The van der Waals surface area contributed by atoms with Gasteiger partial charge in [0.1, 0.15) is 5.69 Å². The van der Waals surface area contributed by atoms with E-state index < -0.39 is 0 Å². The van der Waals surface area contributed by atoms with E-state index in [1.807, 2.05) is 43.1 Å². The van der Waals surface area contributed by atoms with Gasteiger partial charge in [-0.05, 0) is 39.8 Å². The smallest absolute Gasteiger partial charge is 0.179 e. The third kappa shape index (κ3) is 2.86. The lowest BCUT2D eigenvalue weighted by Gasteiger charge is -2.34. The first-order chi connectivity index (χ1) is 14.4. The molecule has 0 amide bonds. The molecule has 0 saturated carbocycles. The van der Waals surface area contributed by atoms with Crippen molar-refractivity contribution in [3.63, 3.8) is 0 Å². The highest BCUT2D eigenvalue weighted by Crippen LogP contribution is 2.34. The van der Waals surface area contributed by atoms with E-state index in [0.717, 1.165) is 57.7 Å². The average molecular weight is 407 g/mol. The van der Waals surface area contributed by atoms with E-state index >= 15 is 0 Å². The number of anilines is 1. The number of aryl methyl sites for hydroxylation is 4. The second-order valence-corrected chi connectivity index (χ2v) is 7.88. The molecular formula is C20H25N9O. The maximum absolute atomic E-state index is 5.64. The highest BCUT2D eigenvalue weighted by atomic mass is 16.5. The lowest BCUT2D eigenvalue weighted by molar-refractivity contribution is 0.0984. The van der Waals surface area contributed by atoms with Crippen LogP contribution in [-0.4, -0.2) is 65.6 Å². The quantitative estimate of drug-likeness (QED) is 0.555. The van der Waals surface area contributed by atoms with Gasteiger partial charge >= 0.3 is 0 Å². The summed E-state index contributed by atoms with van der Waals surface area (Å²) >= 11 is 0. The van der Waals surface area contributed by atoms with E-state index in [2.05, 4.69) is 38.4 Å². The molecule has 1 atom stereocenters. The van der Waals surface area contributed by atoms with Crippen molar-refractivity contribution >= 4 is 11.3 Å². The summed E-state index contributed by atoms with van der Waals surface area (Å²) in [6.45, 7) is 10.2. The van der Waals surface area contributed by atoms with Crippen molar-refractivity contribution in [3.05, 3.63) is 29.2 Å². The number of nitrogens with zero attached hydrogens (tertiary/aromatic N) is 8. The first-order valence-corrected chi connectivity index (χ1v) is 10.1. The maximum atomic E-state index is 5.64. The van der Waals surface area contributed by atoms with Crippen LogP contribution in [0.5, 0.6) is 0 Å². The molecule has 156 valence electrons. The van der Waals surface area contributed by atoms with Crippen LogP contribution < -0.4 is 4.90 Å². The second kappa shape index (κ2) is 6.91. The van der Waals surface area contributed by atoms with E-state index in [0.29, 0.717) is 13.2 Å². The number of hydrogen-bond donors (Lipinski definition) is 1. The summed E-state index contributed by atoms with van der Waals surface area (Å²) in [6.07, 6.45) is 0. The van der Waals surface area contributed by atoms with Crippen LogP contribution in [-0.2, 0) is 11.8 Å². The number of aromatic amines is 1. The second-order valence-electron chi connectivity index (χ2n) is 7.88. The summed E-state index contributed by atoms with van der Waals surface area (Å²) in [5.41, 5.74) is 6.41. The number of ether oxygens (including phenoxy) is 1. The predicted molar refractivity (Wildman–Crippen MR) is 112 cm³/mol. The standard InChI is InChI=1S/C20H25N9O/c1-11-8-16(24-22-11)20-21-13(3)19-15(18-14(4)23-26-27(18)5)9-17(25-29(19)20)28-6-7-30-10-12(28)2/h8-9,12H,6-7,10H2,1-5H3,(H,22,24)/t12-/m1/s1. The van der Waals surface area contributed by atoms with Gasteiger partial charge in [-0.2, -0.15) is 5.10 Å². The van der Waals surface area contributed by atoms with Crippen LogP contribution in [0, 0.1) is 20.8 Å². The van der Waals surface area contributed by atoms with Gasteiger partial charge in [0, 0.05) is 19.2 Å². The minimum Gasteiger partial charge on any atom is -0.377 e. The van der Waals surface area contributed by atoms with Crippen molar-refractivity contribution < 1.29 is 4.74 Å². The molecule has 30 heavy (non-hydrogen) atoms. The van der Waals surface area contributed by atoms with Crippen LogP contribution in [0.2, 0.25) is 0 Å². The van der Waals surface area contributed by atoms with Gasteiger partial charge in [-0.3, -0.25) is 5.10 Å². The third-order valence-electron chi connectivity index (χ3n) is 5.62. The van der Waals surface area contributed by atoms with Crippen LogP contribution in [0.25, 0.3) is 28.3 Å². The largest absolute Gasteiger partial charge is 0.377 e. The highest BCUT2D eigenvalue weighted by Gasteiger charge is 2.26. The number of fused-ring (bicyclic) bond motifs is 1. The molecule has 10 nitrogen and oxygen atoms in total. The number of nitrogens with one attached hydrogen (secondary N) is 1. The van der Waals surface area contributed by atoms with Gasteiger partial charge in [0.2, 0.25) is 0 Å². The molecule has 0 aliphatic carbocycles. The lowest BCUT2D eigenvalue weighted by Crippen LogP contribution is -2.44. The molecule has 10 heteroatoms. The van der Waals surface area contributed by atoms with Gasteiger partial charge in [0.25, 0.3) is 0 Å². The molecule has 0 spiro atoms. The lowest BCUT2D eigenvalue weighted by atomic mass is 10.1. The molecule has 4 aromatic rings. The average Bonchev–Trinajstić information content (AvgIpc) is 3.39. The predicted octanol–water partition coefficient (Wildman–Crippen LogP) is 2.07. The van der Waals surface area contributed by atoms with Crippen LogP contribution in [0.1, 0.15) is 24.0 Å². The Morgan fingerprint density at radius 2 is 2.00 bits per heavy atom. The van der Waals surface area contributed by atoms with E-state index in [1.165, 1.54) is 0 Å². The summed E-state index contributed by atoms with van der Waals surface area (Å²) in [4.78, 5) is 7.13. The van der Waals surface area contributed by atoms with Crippen molar-refractivity contribution in [3.8, 4) is 22.8 Å². The zero-order valence-corrected chi connectivity index (χ0v) is 17.8. The summed E-state index contributed by atoms with van der Waals surface area (Å²) < 4.78 is 9.36. The van der Waals surface area contributed by atoms with Gasteiger partial charge in [-0.1, -0.05) is 5.21 Å². The minimum atomic E-state index is 0.227. The summed E-state index contributed by atoms with van der Waals surface area (Å²) in [6, 6.07) is 4.33. The molecule has 0 radical (unpaired) electrons. The number of H-pyrrole nitrogens is 1. The van der Waals surface area contributed by atoms with Crippen molar-refractivity contribution in [2.24, 2.45) is 7.05 Å². The Bertz CT molecular complexity index is 1220. The Hall–Kier alpha value is -3.27. The molecule has 5 heterocycles. The Labute approximate surface area is 173 Å². The first kappa shape index (κ1) is 18.7. The topological polar surface area (TPSA) is 102 Å². The monoisotopic (exact) mass is 407 g/mol. The molecule has 0 aromatic carbocycles.